The molecule has 0 radical (unpaired) electrons. The van der Waals surface area contributed by atoms with Crippen LogP contribution in [0.5, 0.6) is 0 Å². The van der Waals surface area contributed by atoms with Gasteiger partial charge in [-0.3, -0.25) is 0 Å². The highest BCUT2D eigenvalue weighted by Gasteiger charge is 2.35. The number of rotatable bonds is 4. The van der Waals surface area contributed by atoms with E-state index in [2.05, 4.69) is 0 Å². The monoisotopic (exact) mass is 250 g/mol. The Labute approximate surface area is 98.0 Å². The average Bonchev–Trinajstić information content (AvgIpc) is 2.17. The molecule has 0 aliphatic carbocycles. The topological polar surface area (TPSA) is 72.6 Å². The van der Waals surface area contributed by atoms with Crippen LogP contribution in [0.15, 0.2) is 0 Å². The predicted molar refractivity (Wildman–Crippen MR) is 63.6 cm³/mol. The number of ether oxygens (including phenoxy) is 1. The molecule has 1 saturated heterocycles. The van der Waals surface area contributed by atoms with E-state index in [1.54, 1.807) is 0 Å². The van der Waals surface area contributed by atoms with Gasteiger partial charge in [0.1, 0.15) is 0 Å². The summed E-state index contributed by atoms with van der Waals surface area (Å²) in [6.45, 7) is 6.68. The Balaban J connectivity index is 2.82. The minimum atomic E-state index is -3.26. The Hall–Kier alpha value is -0.170. The number of nitrogens with zero attached hydrogens (tertiary/aromatic N) is 1. The third-order valence-corrected chi connectivity index (χ3v) is 5.27. The molecule has 6 heteroatoms. The van der Waals surface area contributed by atoms with Gasteiger partial charge in [0.15, 0.2) is 0 Å². The summed E-state index contributed by atoms with van der Waals surface area (Å²) in [5.41, 5.74) is 5.51. The third kappa shape index (κ3) is 2.94. The standard InChI is InChI=1S/C10H22N2O3S/c1-4-10(5-11)16(13,14)12-6-8(2)15-9(3)7-12/h8-10H,4-7,11H2,1-3H3. The Morgan fingerprint density at radius 3 is 2.25 bits per heavy atom. The summed E-state index contributed by atoms with van der Waals surface area (Å²) in [4.78, 5) is 0. The highest BCUT2D eigenvalue weighted by Crippen LogP contribution is 2.18. The smallest absolute Gasteiger partial charge is 0.218 e. The van der Waals surface area contributed by atoms with Crippen LogP contribution in [-0.2, 0) is 14.8 Å². The lowest BCUT2D eigenvalue weighted by Gasteiger charge is -2.36. The molecule has 1 aliphatic heterocycles. The summed E-state index contributed by atoms with van der Waals surface area (Å²) in [6, 6.07) is 0. The van der Waals surface area contributed by atoms with Crippen molar-refractivity contribution in [2.24, 2.45) is 5.73 Å². The van der Waals surface area contributed by atoms with Crippen LogP contribution in [0.2, 0.25) is 0 Å². The van der Waals surface area contributed by atoms with Gasteiger partial charge in [-0.25, -0.2) is 8.42 Å². The van der Waals surface area contributed by atoms with E-state index >= 15 is 0 Å². The van der Waals surface area contributed by atoms with Crippen molar-refractivity contribution >= 4 is 10.0 Å². The number of hydrogen-bond donors (Lipinski definition) is 1. The molecule has 96 valence electrons. The Morgan fingerprint density at radius 2 is 1.88 bits per heavy atom. The van der Waals surface area contributed by atoms with Crippen molar-refractivity contribution in [3.8, 4) is 0 Å². The molecule has 0 saturated carbocycles. The van der Waals surface area contributed by atoms with Gasteiger partial charge in [-0.15, -0.1) is 0 Å². The summed E-state index contributed by atoms with van der Waals surface area (Å²) in [7, 11) is -3.26. The van der Waals surface area contributed by atoms with Crippen LogP contribution >= 0.6 is 0 Å². The Bertz CT molecular complexity index is 304. The first-order valence-corrected chi connectivity index (χ1v) is 7.26. The summed E-state index contributed by atoms with van der Waals surface area (Å²) >= 11 is 0. The maximum Gasteiger partial charge on any atom is 0.218 e. The summed E-state index contributed by atoms with van der Waals surface area (Å²) < 4.78 is 31.5. The lowest BCUT2D eigenvalue weighted by atomic mass is 10.3. The van der Waals surface area contributed by atoms with Crippen molar-refractivity contribution in [2.45, 2.75) is 44.6 Å². The van der Waals surface area contributed by atoms with Gasteiger partial charge in [0, 0.05) is 19.6 Å². The summed E-state index contributed by atoms with van der Waals surface area (Å²) in [6.07, 6.45) is 0.460. The second-order valence-corrected chi connectivity index (χ2v) is 6.60. The highest BCUT2D eigenvalue weighted by atomic mass is 32.2. The first kappa shape index (κ1) is 13.9. The van der Waals surface area contributed by atoms with Crippen LogP contribution in [0.25, 0.3) is 0 Å². The second-order valence-electron chi connectivity index (χ2n) is 4.39. The minimum Gasteiger partial charge on any atom is -0.373 e. The fourth-order valence-corrected chi connectivity index (χ4v) is 3.97. The molecular formula is C10H22N2O3S. The van der Waals surface area contributed by atoms with Gasteiger partial charge in [0.25, 0.3) is 0 Å². The maximum absolute atomic E-state index is 12.2. The van der Waals surface area contributed by atoms with Crippen LogP contribution in [-0.4, -0.2) is 49.8 Å². The van der Waals surface area contributed by atoms with E-state index in [0.29, 0.717) is 19.5 Å². The zero-order valence-electron chi connectivity index (χ0n) is 10.2. The average molecular weight is 250 g/mol. The quantitative estimate of drug-likeness (QED) is 0.771. The largest absolute Gasteiger partial charge is 0.373 e. The van der Waals surface area contributed by atoms with Gasteiger partial charge in [-0.1, -0.05) is 6.92 Å². The fourth-order valence-electron chi connectivity index (χ4n) is 2.05. The normalized spacial score (nSPS) is 30.2. The molecule has 3 atom stereocenters. The van der Waals surface area contributed by atoms with Crippen LogP contribution < -0.4 is 5.73 Å². The molecule has 5 nitrogen and oxygen atoms in total. The van der Waals surface area contributed by atoms with E-state index in [4.69, 9.17) is 10.5 Å². The van der Waals surface area contributed by atoms with Gasteiger partial charge in [0.05, 0.1) is 17.5 Å². The molecule has 0 aromatic rings. The molecule has 3 unspecified atom stereocenters. The lowest BCUT2D eigenvalue weighted by molar-refractivity contribution is -0.0443. The molecule has 1 fully saturated rings. The van der Waals surface area contributed by atoms with E-state index in [-0.39, 0.29) is 18.8 Å². The molecule has 16 heavy (non-hydrogen) atoms. The molecule has 1 aliphatic rings. The number of sulfonamides is 1. The van der Waals surface area contributed by atoms with Gasteiger partial charge >= 0.3 is 0 Å². The van der Waals surface area contributed by atoms with Crippen molar-refractivity contribution in [2.75, 3.05) is 19.6 Å². The van der Waals surface area contributed by atoms with Gasteiger partial charge in [-0.05, 0) is 20.3 Å². The van der Waals surface area contributed by atoms with Crippen LogP contribution in [0.1, 0.15) is 27.2 Å². The van der Waals surface area contributed by atoms with E-state index in [1.807, 2.05) is 20.8 Å². The zero-order valence-corrected chi connectivity index (χ0v) is 11.0. The highest BCUT2D eigenvalue weighted by molar-refractivity contribution is 7.89. The Morgan fingerprint density at radius 1 is 1.38 bits per heavy atom. The zero-order chi connectivity index (χ0) is 12.3. The molecular weight excluding hydrogens is 228 g/mol. The molecule has 0 bridgehead atoms. The molecule has 0 spiro atoms. The number of hydrogen-bond acceptors (Lipinski definition) is 4. The maximum atomic E-state index is 12.2. The molecule has 0 aromatic heterocycles. The first-order valence-electron chi connectivity index (χ1n) is 5.76. The molecule has 0 amide bonds. The molecule has 1 rings (SSSR count). The fraction of sp³-hybridized carbons (Fsp3) is 1.00. The van der Waals surface area contributed by atoms with E-state index in [0.717, 1.165) is 0 Å². The minimum absolute atomic E-state index is 0.0474. The van der Waals surface area contributed by atoms with Crippen molar-refractivity contribution in [3.63, 3.8) is 0 Å². The van der Waals surface area contributed by atoms with Crippen molar-refractivity contribution in [1.82, 2.24) is 4.31 Å². The van der Waals surface area contributed by atoms with Crippen molar-refractivity contribution in [1.29, 1.82) is 0 Å². The van der Waals surface area contributed by atoms with Crippen LogP contribution in [0.4, 0.5) is 0 Å². The van der Waals surface area contributed by atoms with Crippen LogP contribution in [0.3, 0.4) is 0 Å². The first-order chi connectivity index (χ1) is 7.41. The third-order valence-electron chi connectivity index (χ3n) is 2.89. The predicted octanol–water partition coefficient (Wildman–Crippen LogP) is 0.163. The SMILES string of the molecule is CCC(CN)S(=O)(=O)N1CC(C)OC(C)C1. The molecule has 0 aromatic carbocycles. The second kappa shape index (κ2) is 5.44. The van der Waals surface area contributed by atoms with Crippen molar-refractivity contribution < 1.29 is 13.2 Å². The van der Waals surface area contributed by atoms with E-state index < -0.39 is 15.3 Å². The van der Waals surface area contributed by atoms with E-state index in [1.165, 1.54) is 4.31 Å². The van der Waals surface area contributed by atoms with Gasteiger partial charge in [0.2, 0.25) is 10.0 Å². The lowest BCUT2D eigenvalue weighted by Crippen LogP contribution is -2.52. The molecule has 2 N–H and O–H groups in total. The molecule has 1 heterocycles. The van der Waals surface area contributed by atoms with Crippen molar-refractivity contribution in [3.05, 3.63) is 0 Å². The summed E-state index contributed by atoms with van der Waals surface area (Å²) in [5.74, 6) is 0. The van der Waals surface area contributed by atoms with Gasteiger partial charge < -0.3 is 10.5 Å². The van der Waals surface area contributed by atoms with E-state index in [9.17, 15) is 8.42 Å². The number of nitrogens with two attached hydrogens (primary N) is 1. The summed E-state index contributed by atoms with van der Waals surface area (Å²) in [5, 5.41) is -0.468. The Kier molecular flexibility index (Phi) is 4.73. The van der Waals surface area contributed by atoms with Gasteiger partial charge in [-0.2, -0.15) is 4.31 Å². The van der Waals surface area contributed by atoms with Crippen LogP contribution in [0, 0.1) is 0 Å². The number of morpholine rings is 1.